The summed E-state index contributed by atoms with van der Waals surface area (Å²) in [5.41, 5.74) is 1.25. The van der Waals surface area contributed by atoms with Crippen molar-refractivity contribution in [2.45, 2.75) is 50.2 Å². The zero-order chi connectivity index (χ0) is 24.7. The van der Waals surface area contributed by atoms with Gasteiger partial charge in [-0.15, -0.1) is 10.2 Å². The van der Waals surface area contributed by atoms with E-state index in [9.17, 15) is 9.90 Å². The van der Waals surface area contributed by atoms with Gasteiger partial charge in [0.1, 0.15) is 5.75 Å². The predicted molar refractivity (Wildman–Crippen MR) is 124 cm³/mol. The smallest absolute Gasteiger partial charge is 0.267 e. The summed E-state index contributed by atoms with van der Waals surface area (Å²) < 4.78 is 22.5. The molecule has 2 unspecified atom stereocenters. The van der Waals surface area contributed by atoms with E-state index in [-0.39, 0.29) is 5.75 Å². The molecule has 166 valence electrons. The highest BCUT2D eigenvalue weighted by molar-refractivity contribution is 5.74. The van der Waals surface area contributed by atoms with Gasteiger partial charge in [-0.3, -0.25) is 4.79 Å². The number of aromatic hydroxyl groups is 1. The van der Waals surface area contributed by atoms with Crippen molar-refractivity contribution in [1.82, 2.24) is 25.3 Å². The van der Waals surface area contributed by atoms with Crippen LogP contribution in [0.15, 0.2) is 47.4 Å². The number of aryl methyl sites for hydroxylation is 1. The van der Waals surface area contributed by atoms with E-state index < -0.39 is 12.5 Å². The Morgan fingerprint density at radius 1 is 1.12 bits per heavy atom. The molecule has 0 radical (unpaired) electrons. The van der Waals surface area contributed by atoms with Crippen molar-refractivity contribution in [2.75, 3.05) is 11.9 Å². The van der Waals surface area contributed by atoms with Gasteiger partial charge in [0.15, 0.2) is 5.82 Å². The molecule has 2 aliphatic rings. The Labute approximate surface area is 191 Å². The van der Waals surface area contributed by atoms with Crippen LogP contribution >= 0.6 is 0 Å². The van der Waals surface area contributed by atoms with E-state index in [2.05, 4.69) is 32.6 Å². The third kappa shape index (κ3) is 3.98. The van der Waals surface area contributed by atoms with Crippen LogP contribution < -0.4 is 15.8 Å². The second kappa shape index (κ2) is 8.35. The summed E-state index contributed by atoms with van der Waals surface area (Å²) in [6.07, 6.45) is 7.26. The SMILES string of the molecule is [2H]C([2H])([2H])n1ncc(-c2ccc(-c3ccc(N(C)C4CC5CCCC(C4)N5)nn3)c(O)c2)cc1=O. The van der Waals surface area contributed by atoms with Crippen LogP contribution in [-0.4, -0.2) is 50.3 Å². The minimum atomic E-state index is -2.65. The lowest BCUT2D eigenvalue weighted by Gasteiger charge is -2.43. The topological polar surface area (TPSA) is 96.2 Å². The number of hydrogen-bond donors (Lipinski definition) is 2. The van der Waals surface area contributed by atoms with Crippen molar-refractivity contribution in [2.24, 2.45) is 6.98 Å². The molecule has 2 aromatic heterocycles. The summed E-state index contributed by atoms with van der Waals surface area (Å²) in [4.78, 5) is 14.4. The first-order chi connectivity index (χ1) is 16.7. The maximum atomic E-state index is 12.1. The van der Waals surface area contributed by atoms with Crippen LogP contribution in [-0.2, 0) is 6.98 Å². The Morgan fingerprint density at radius 2 is 1.94 bits per heavy atom. The Kier molecular flexibility index (Phi) is 4.52. The van der Waals surface area contributed by atoms with Crippen molar-refractivity contribution in [1.29, 1.82) is 0 Å². The molecule has 32 heavy (non-hydrogen) atoms. The maximum absolute atomic E-state index is 12.1. The molecular weight excluding hydrogens is 404 g/mol. The fourth-order valence-electron chi connectivity index (χ4n) is 4.89. The quantitative estimate of drug-likeness (QED) is 0.650. The van der Waals surface area contributed by atoms with E-state index in [1.165, 1.54) is 37.6 Å². The molecule has 8 nitrogen and oxygen atoms in total. The average Bonchev–Trinajstić information content (AvgIpc) is 2.82. The zero-order valence-corrected chi connectivity index (χ0v) is 17.9. The first-order valence-corrected chi connectivity index (χ1v) is 11.0. The molecule has 2 atom stereocenters. The summed E-state index contributed by atoms with van der Waals surface area (Å²) in [6, 6.07) is 11.5. The molecule has 2 bridgehead atoms. The number of nitrogens with zero attached hydrogens (tertiary/aromatic N) is 5. The lowest BCUT2D eigenvalue weighted by molar-refractivity contribution is 0.219. The van der Waals surface area contributed by atoms with Crippen molar-refractivity contribution in [3.63, 3.8) is 0 Å². The van der Waals surface area contributed by atoms with E-state index in [4.69, 9.17) is 4.11 Å². The van der Waals surface area contributed by atoms with Crippen LogP contribution in [0.4, 0.5) is 5.82 Å². The minimum Gasteiger partial charge on any atom is -0.507 e. The van der Waals surface area contributed by atoms with Gasteiger partial charge in [-0.1, -0.05) is 12.5 Å². The molecule has 0 spiro atoms. The molecule has 0 amide bonds. The van der Waals surface area contributed by atoms with E-state index in [1.807, 2.05) is 12.1 Å². The summed E-state index contributed by atoms with van der Waals surface area (Å²) >= 11 is 0. The van der Waals surface area contributed by atoms with E-state index in [0.717, 1.165) is 18.7 Å². The second-order valence-corrected chi connectivity index (χ2v) is 8.73. The molecule has 0 saturated carbocycles. The molecule has 1 aromatic carbocycles. The monoisotopic (exact) mass is 435 g/mol. The summed E-state index contributed by atoms with van der Waals surface area (Å²) in [6.45, 7) is -2.65. The van der Waals surface area contributed by atoms with Crippen LogP contribution in [0.25, 0.3) is 22.4 Å². The summed E-state index contributed by atoms with van der Waals surface area (Å²) in [7, 11) is 2.07. The number of phenols is 1. The molecule has 2 aliphatic heterocycles. The predicted octanol–water partition coefficient (Wildman–Crippen LogP) is 2.72. The minimum absolute atomic E-state index is 0.0240. The van der Waals surface area contributed by atoms with Gasteiger partial charge >= 0.3 is 0 Å². The third-order valence-electron chi connectivity index (χ3n) is 6.66. The lowest BCUT2D eigenvalue weighted by atomic mass is 9.83. The number of phenolic OH excluding ortho intramolecular Hbond substituents is 1. The van der Waals surface area contributed by atoms with Crippen LogP contribution in [0.2, 0.25) is 0 Å². The second-order valence-electron chi connectivity index (χ2n) is 8.73. The van der Waals surface area contributed by atoms with Crippen LogP contribution in [0, 0.1) is 0 Å². The normalized spacial score (nSPS) is 24.3. The van der Waals surface area contributed by atoms with Gasteiger partial charge in [-0.2, -0.15) is 5.10 Å². The van der Waals surface area contributed by atoms with E-state index in [1.54, 1.807) is 12.1 Å². The third-order valence-corrected chi connectivity index (χ3v) is 6.66. The highest BCUT2D eigenvalue weighted by atomic mass is 16.3. The highest BCUT2D eigenvalue weighted by Gasteiger charge is 2.33. The van der Waals surface area contributed by atoms with Crippen molar-refractivity contribution >= 4 is 5.82 Å². The number of piperidine rings is 2. The van der Waals surface area contributed by atoms with E-state index >= 15 is 0 Å². The van der Waals surface area contributed by atoms with Crippen LogP contribution in [0.5, 0.6) is 5.75 Å². The summed E-state index contributed by atoms with van der Waals surface area (Å²) in [5.74, 6) is 0.778. The fraction of sp³-hybridized carbons (Fsp3) is 0.417. The Bertz CT molecular complexity index is 1270. The molecular formula is C24H28N6O2. The van der Waals surface area contributed by atoms with E-state index in [0.29, 0.717) is 45.2 Å². The molecule has 2 fully saturated rings. The molecule has 8 heteroatoms. The van der Waals surface area contributed by atoms with Crippen LogP contribution in [0.1, 0.15) is 36.2 Å². The number of fused-ring (bicyclic) bond motifs is 2. The Morgan fingerprint density at radius 3 is 2.59 bits per heavy atom. The lowest BCUT2D eigenvalue weighted by Crippen LogP contribution is -2.54. The van der Waals surface area contributed by atoms with Crippen molar-refractivity contribution < 1.29 is 9.22 Å². The number of nitrogens with one attached hydrogen (secondary N) is 1. The van der Waals surface area contributed by atoms with Gasteiger partial charge in [-0.05, 0) is 55.5 Å². The Balaban J connectivity index is 1.34. The van der Waals surface area contributed by atoms with Crippen LogP contribution in [0.3, 0.4) is 0 Å². The highest BCUT2D eigenvalue weighted by Crippen LogP contribution is 2.33. The van der Waals surface area contributed by atoms with Gasteiger partial charge in [-0.25, -0.2) is 4.68 Å². The molecule has 5 rings (SSSR count). The van der Waals surface area contributed by atoms with Crippen molar-refractivity contribution in [3.8, 4) is 28.1 Å². The Hall–Kier alpha value is -3.26. The van der Waals surface area contributed by atoms with Crippen molar-refractivity contribution in [3.05, 3.63) is 52.9 Å². The number of rotatable bonds is 4. The maximum Gasteiger partial charge on any atom is 0.267 e. The molecule has 2 saturated heterocycles. The van der Waals surface area contributed by atoms with Gasteiger partial charge < -0.3 is 15.3 Å². The van der Waals surface area contributed by atoms with Gasteiger partial charge in [0.05, 0.1) is 11.9 Å². The largest absolute Gasteiger partial charge is 0.507 e. The number of anilines is 1. The molecule has 0 aliphatic carbocycles. The molecule has 3 aromatic rings. The standard InChI is InChI=1S/C24H28N6O2/c1-29(19-12-17-4-3-5-18(13-19)26-17)23-9-8-21(27-28-23)20-7-6-15(10-22(20)31)16-11-24(32)30(2)25-14-16/h6-11,14,17-19,26,31H,3-5,12-13H2,1-2H3/i2D3. The van der Waals surface area contributed by atoms with Gasteiger partial charge in [0, 0.05) is 53.5 Å². The first kappa shape index (κ1) is 17.3. The number of benzene rings is 1. The number of aromatic nitrogens is 4. The average molecular weight is 436 g/mol. The fourth-order valence-corrected chi connectivity index (χ4v) is 4.89. The van der Waals surface area contributed by atoms with Gasteiger partial charge in [0.25, 0.3) is 5.56 Å². The summed E-state index contributed by atoms with van der Waals surface area (Å²) in [5, 5.41) is 26.9. The molecule has 4 heterocycles. The first-order valence-electron chi connectivity index (χ1n) is 12.5. The zero-order valence-electron chi connectivity index (χ0n) is 20.9. The number of hydrogen-bond acceptors (Lipinski definition) is 7. The van der Waals surface area contributed by atoms with Gasteiger partial charge in [0.2, 0.25) is 0 Å². The molecule has 2 N–H and O–H groups in total.